The molecular weight excluding hydrogens is 150 g/mol. The normalized spacial score (nSPS) is 33.2. The molecule has 0 aromatic carbocycles. The summed E-state index contributed by atoms with van der Waals surface area (Å²) in [5.41, 5.74) is 0. The van der Waals surface area contributed by atoms with Gasteiger partial charge in [0.15, 0.2) is 0 Å². The summed E-state index contributed by atoms with van der Waals surface area (Å²) in [7, 11) is 2.17. The first-order valence-corrected chi connectivity index (χ1v) is 5.09. The van der Waals surface area contributed by atoms with Crippen LogP contribution >= 0.6 is 0 Å². The van der Waals surface area contributed by atoms with E-state index in [0.717, 1.165) is 19.2 Å². The predicted octanol–water partition coefficient (Wildman–Crippen LogP) is 1.90. The average Bonchev–Trinajstić information content (AvgIpc) is 2.65. The Morgan fingerprint density at radius 2 is 2.00 bits per heavy atom. The molecule has 0 aromatic heterocycles. The molecule has 0 saturated carbocycles. The van der Waals surface area contributed by atoms with E-state index in [2.05, 4.69) is 25.8 Å². The second-order valence-corrected chi connectivity index (χ2v) is 3.78. The highest BCUT2D eigenvalue weighted by molar-refractivity contribution is 4.89. The SMILES string of the molecule is CCCC.CN1CC2CC1CO2. The Labute approximate surface area is 75.9 Å². The summed E-state index contributed by atoms with van der Waals surface area (Å²) in [6.07, 6.45) is 4.49. The lowest BCUT2D eigenvalue weighted by Crippen LogP contribution is -2.33. The van der Waals surface area contributed by atoms with Crippen molar-refractivity contribution in [3.8, 4) is 0 Å². The van der Waals surface area contributed by atoms with Crippen LogP contribution in [0.3, 0.4) is 0 Å². The number of rotatable bonds is 1. The summed E-state index contributed by atoms with van der Waals surface area (Å²) in [4.78, 5) is 2.38. The van der Waals surface area contributed by atoms with Crippen LogP contribution in [0.4, 0.5) is 0 Å². The molecular formula is C10H21NO. The minimum atomic E-state index is 0.574. The molecule has 2 aliphatic heterocycles. The van der Waals surface area contributed by atoms with E-state index in [1.54, 1.807) is 0 Å². The molecule has 2 rings (SSSR count). The van der Waals surface area contributed by atoms with Crippen LogP contribution in [0.25, 0.3) is 0 Å². The molecule has 0 amide bonds. The Morgan fingerprint density at radius 3 is 2.17 bits per heavy atom. The minimum absolute atomic E-state index is 0.574. The summed E-state index contributed by atoms with van der Waals surface area (Å²) in [5.74, 6) is 0. The Kier molecular flexibility index (Phi) is 4.02. The van der Waals surface area contributed by atoms with Crippen molar-refractivity contribution in [2.45, 2.75) is 45.3 Å². The van der Waals surface area contributed by atoms with Crippen molar-refractivity contribution in [1.82, 2.24) is 4.90 Å². The van der Waals surface area contributed by atoms with E-state index >= 15 is 0 Å². The standard InChI is InChI=1S/C6H11NO.C4H10/c1-7-3-6-2-5(7)4-8-6;1-3-4-2/h5-6H,2-4H2,1H3;3-4H2,1-2H3. The number of hydrogen-bond donors (Lipinski definition) is 0. The van der Waals surface area contributed by atoms with Gasteiger partial charge in [0.05, 0.1) is 12.7 Å². The number of fused-ring (bicyclic) bond motifs is 2. The topological polar surface area (TPSA) is 12.5 Å². The fraction of sp³-hybridized carbons (Fsp3) is 1.00. The van der Waals surface area contributed by atoms with Crippen LogP contribution in [0.1, 0.15) is 33.1 Å². The molecule has 2 unspecified atom stereocenters. The number of nitrogens with zero attached hydrogens (tertiary/aromatic N) is 1. The van der Waals surface area contributed by atoms with E-state index in [1.807, 2.05) is 0 Å². The van der Waals surface area contributed by atoms with E-state index in [4.69, 9.17) is 4.74 Å². The van der Waals surface area contributed by atoms with Gasteiger partial charge in [-0.05, 0) is 13.5 Å². The van der Waals surface area contributed by atoms with Crippen molar-refractivity contribution >= 4 is 0 Å². The smallest absolute Gasteiger partial charge is 0.0718 e. The van der Waals surface area contributed by atoms with Gasteiger partial charge < -0.3 is 4.74 Å². The zero-order valence-electron chi connectivity index (χ0n) is 8.55. The molecule has 72 valence electrons. The number of ether oxygens (including phenoxy) is 1. The molecule has 2 aliphatic rings. The molecule has 2 heterocycles. The molecule has 2 nitrogen and oxygen atoms in total. The predicted molar refractivity (Wildman–Crippen MR) is 51.4 cm³/mol. The molecule has 2 bridgehead atoms. The van der Waals surface area contributed by atoms with E-state index in [-0.39, 0.29) is 0 Å². The Bertz CT molecular complexity index is 123. The fourth-order valence-corrected chi connectivity index (χ4v) is 1.59. The maximum atomic E-state index is 5.38. The highest BCUT2D eigenvalue weighted by Gasteiger charge is 2.36. The van der Waals surface area contributed by atoms with E-state index in [0.29, 0.717) is 6.10 Å². The van der Waals surface area contributed by atoms with Gasteiger partial charge in [0.25, 0.3) is 0 Å². The van der Waals surface area contributed by atoms with Gasteiger partial charge in [-0.15, -0.1) is 0 Å². The van der Waals surface area contributed by atoms with E-state index < -0.39 is 0 Å². The Hall–Kier alpha value is -0.0800. The van der Waals surface area contributed by atoms with E-state index in [1.165, 1.54) is 19.3 Å². The van der Waals surface area contributed by atoms with Crippen molar-refractivity contribution in [2.75, 3.05) is 20.2 Å². The largest absolute Gasteiger partial charge is 0.375 e. The minimum Gasteiger partial charge on any atom is -0.375 e. The fourth-order valence-electron chi connectivity index (χ4n) is 1.59. The second-order valence-electron chi connectivity index (χ2n) is 3.78. The highest BCUT2D eigenvalue weighted by Crippen LogP contribution is 2.25. The molecule has 2 saturated heterocycles. The molecule has 12 heavy (non-hydrogen) atoms. The third-order valence-corrected chi connectivity index (χ3v) is 2.67. The van der Waals surface area contributed by atoms with Crippen molar-refractivity contribution in [1.29, 1.82) is 0 Å². The number of unbranched alkanes of at least 4 members (excludes halogenated alkanes) is 1. The van der Waals surface area contributed by atoms with Gasteiger partial charge in [-0.3, -0.25) is 4.90 Å². The highest BCUT2D eigenvalue weighted by atomic mass is 16.5. The van der Waals surface area contributed by atoms with Crippen LogP contribution in [0.15, 0.2) is 0 Å². The number of morpholine rings is 1. The van der Waals surface area contributed by atoms with Gasteiger partial charge in [-0.1, -0.05) is 26.7 Å². The van der Waals surface area contributed by atoms with Crippen LogP contribution < -0.4 is 0 Å². The van der Waals surface area contributed by atoms with Gasteiger partial charge in [0.1, 0.15) is 0 Å². The van der Waals surface area contributed by atoms with Gasteiger partial charge in [0, 0.05) is 12.6 Å². The lowest BCUT2D eigenvalue weighted by Gasteiger charge is -2.21. The molecule has 0 aromatic rings. The van der Waals surface area contributed by atoms with Crippen molar-refractivity contribution < 1.29 is 4.74 Å². The summed E-state index contributed by atoms with van der Waals surface area (Å²) in [6, 6.07) is 0.750. The lowest BCUT2D eigenvalue weighted by molar-refractivity contribution is 0.0416. The zero-order chi connectivity index (χ0) is 8.97. The first kappa shape index (κ1) is 10.0. The summed E-state index contributed by atoms with van der Waals surface area (Å²) < 4.78 is 5.38. The molecule has 2 fully saturated rings. The average molecular weight is 171 g/mol. The summed E-state index contributed by atoms with van der Waals surface area (Å²) in [6.45, 7) is 6.49. The maximum Gasteiger partial charge on any atom is 0.0718 e. The monoisotopic (exact) mass is 171 g/mol. The van der Waals surface area contributed by atoms with Crippen molar-refractivity contribution in [2.24, 2.45) is 0 Å². The molecule has 2 atom stereocenters. The van der Waals surface area contributed by atoms with Gasteiger partial charge in [0.2, 0.25) is 0 Å². The first-order chi connectivity index (χ1) is 5.77. The second kappa shape index (κ2) is 4.83. The van der Waals surface area contributed by atoms with Crippen molar-refractivity contribution in [3.63, 3.8) is 0 Å². The zero-order valence-corrected chi connectivity index (χ0v) is 8.55. The van der Waals surface area contributed by atoms with E-state index in [9.17, 15) is 0 Å². The summed E-state index contributed by atoms with van der Waals surface area (Å²) >= 11 is 0. The maximum absolute atomic E-state index is 5.38. The van der Waals surface area contributed by atoms with Crippen LogP contribution in [-0.4, -0.2) is 37.2 Å². The van der Waals surface area contributed by atoms with Crippen LogP contribution in [0.2, 0.25) is 0 Å². The quantitative estimate of drug-likeness (QED) is 0.597. The van der Waals surface area contributed by atoms with Gasteiger partial charge >= 0.3 is 0 Å². The van der Waals surface area contributed by atoms with Crippen LogP contribution in [-0.2, 0) is 4.74 Å². The molecule has 2 heteroatoms. The molecule has 0 radical (unpaired) electrons. The Morgan fingerprint density at radius 1 is 1.33 bits per heavy atom. The van der Waals surface area contributed by atoms with Gasteiger partial charge in [-0.25, -0.2) is 0 Å². The van der Waals surface area contributed by atoms with Crippen LogP contribution in [0.5, 0.6) is 0 Å². The molecule has 0 aliphatic carbocycles. The lowest BCUT2D eigenvalue weighted by atomic mass is 10.2. The third kappa shape index (κ3) is 2.46. The third-order valence-electron chi connectivity index (χ3n) is 2.67. The number of hydrogen-bond acceptors (Lipinski definition) is 2. The van der Waals surface area contributed by atoms with Crippen molar-refractivity contribution in [3.05, 3.63) is 0 Å². The van der Waals surface area contributed by atoms with Gasteiger partial charge in [-0.2, -0.15) is 0 Å². The Balaban J connectivity index is 0.000000157. The first-order valence-electron chi connectivity index (χ1n) is 5.09. The molecule has 0 spiro atoms. The number of likely N-dealkylation sites (tertiary alicyclic amines) is 1. The molecule has 0 N–H and O–H groups in total. The van der Waals surface area contributed by atoms with Crippen LogP contribution in [0, 0.1) is 0 Å². The number of likely N-dealkylation sites (N-methyl/N-ethyl adjacent to an activating group) is 1. The summed E-state index contributed by atoms with van der Waals surface area (Å²) in [5, 5.41) is 0.